The Bertz CT molecular complexity index is 401. The minimum absolute atomic E-state index is 0.0441. The minimum atomic E-state index is -1.52. The van der Waals surface area contributed by atoms with E-state index in [1.165, 1.54) is 13.8 Å². The van der Waals surface area contributed by atoms with Crippen LogP contribution in [-0.4, -0.2) is 64.4 Å². The highest BCUT2D eigenvalue weighted by Crippen LogP contribution is 2.21. The fourth-order valence-corrected chi connectivity index (χ4v) is 1.73. The molecule has 0 aliphatic heterocycles. The zero-order valence-corrected chi connectivity index (χ0v) is 14.2. The summed E-state index contributed by atoms with van der Waals surface area (Å²) in [5, 5.41) is 21.9. The molecule has 7 nitrogen and oxygen atoms in total. The van der Waals surface area contributed by atoms with E-state index in [2.05, 4.69) is 17.9 Å². The van der Waals surface area contributed by atoms with E-state index in [1.54, 1.807) is 6.92 Å². The van der Waals surface area contributed by atoms with Crippen molar-refractivity contribution in [3.63, 3.8) is 0 Å². The molecule has 1 atom stereocenters. The lowest BCUT2D eigenvalue weighted by molar-refractivity contribution is -0.156. The number of aliphatic hydroxyl groups is 2. The van der Waals surface area contributed by atoms with E-state index >= 15 is 0 Å². The molecule has 3 N–H and O–H groups in total. The van der Waals surface area contributed by atoms with Crippen LogP contribution >= 0.6 is 12.6 Å². The van der Waals surface area contributed by atoms with E-state index in [9.17, 15) is 24.6 Å². The second-order valence-corrected chi connectivity index (χ2v) is 6.06. The van der Waals surface area contributed by atoms with Crippen molar-refractivity contribution in [2.24, 2.45) is 5.41 Å². The van der Waals surface area contributed by atoms with Gasteiger partial charge in [0.25, 0.3) is 5.91 Å². The third-order valence-electron chi connectivity index (χ3n) is 3.25. The second-order valence-electron chi connectivity index (χ2n) is 5.61. The number of imide groups is 1. The first kappa shape index (κ1) is 20.9. The van der Waals surface area contributed by atoms with Crippen LogP contribution in [-0.2, 0) is 14.4 Å². The predicted molar refractivity (Wildman–Crippen MR) is 85.4 cm³/mol. The van der Waals surface area contributed by atoms with Gasteiger partial charge in [0.1, 0.15) is 6.10 Å². The Hall–Kier alpha value is -1.12. The zero-order valence-electron chi connectivity index (χ0n) is 13.3. The summed E-state index contributed by atoms with van der Waals surface area (Å²) in [6.45, 7) is 4.51. The van der Waals surface area contributed by atoms with Gasteiger partial charge in [0.05, 0.1) is 6.61 Å². The molecular weight excluding hydrogens is 308 g/mol. The Labute approximate surface area is 136 Å². The van der Waals surface area contributed by atoms with Gasteiger partial charge >= 0.3 is 0 Å². The second kappa shape index (κ2) is 9.81. The summed E-state index contributed by atoms with van der Waals surface area (Å²) in [7, 11) is 0. The quantitative estimate of drug-likeness (QED) is 0.428. The molecule has 0 spiro atoms. The number of amides is 3. The number of carbonyl (C=O) groups excluding carboxylic acids is 3. The number of hydrogen-bond acceptors (Lipinski definition) is 6. The van der Waals surface area contributed by atoms with Crippen LogP contribution in [0.15, 0.2) is 0 Å². The van der Waals surface area contributed by atoms with Gasteiger partial charge in [-0.15, -0.1) is 0 Å². The number of nitrogens with one attached hydrogen (secondary N) is 1. The smallest absolute Gasteiger partial charge is 0.258 e. The first-order valence-electron chi connectivity index (χ1n) is 7.22. The summed E-state index contributed by atoms with van der Waals surface area (Å²) >= 11 is 3.96. The summed E-state index contributed by atoms with van der Waals surface area (Å²) in [6, 6.07) is 0. The fourth-order valence-electron chi connectivity index (χ4n) is 1.61. The molecule has 0 bridgehead atoms. The van der Waals surface area contributed by atoms with Gasteiger partial charge < -0.3 is 15.5 Å². The fraction of sp³-hybridized carbons (Fsp3) is 0.786. The normalized spacial score (nSPS) is 12.6. The average molecular weight is 334 g/mol. The maximum atomic E-state index is 12.3. The highest BCUT2D eigenvalue weighted by atomic mass is 32.1. The van der Waals surface area contributed by atoms with Crippen LogP contribution in [0, 0.1) is 5.41 Å². The van der Waals surface area contributed by atoms with Gasteiger partial charge in [-0.2, -0.15) is 12.6 Å². The molecule has 0 aromatic heterocycles. The van der Waals surface area contributed by atoms with Crippen molar-refractivity contribution >= 4 is 30.4 Å². The summed E-state index contributed by atoms with van der Waals surface area (Å²) in [5.41, 5.74) is -1.07. The van der Waals surface area contributed by atoms with E-state index in [-0.39, 0.29) is 25.3 Å². The van der Waals surface area contributed by atoms with Gasteiger partial charge in [0, 0.05) is 37.1 Å². The number of aliphatic hydroxyl groups excluding tert-OH is 2. The van der Waals surface area contributed by atoms with Crippen molar-refractivity contribution in [3.8, 4) is 0 Å². The Kier molecular flexibility index (Phi) is 9.31. The molecule has 0 aliphatic carbocycles. The van der Waals surface area contributed by atoms with Crippen molar-refractivity contribution in [3.05, 3.63) is 0 Å². The molecule has 0 aliphatic rings. The topological polar surface area (TPSA) is 107 Å². The predicted octanol–water partition coefficient (Wildman–Crippen LogP) is -0.433. The third kappa shape index (κ3) is 6.33. The lowest BCUT2D eigenvalue weighted by Gasteiger charge is -2.31. The van der Waals surface area contributed by atoms with Crippen LogP contribution in [0.1, 0.15) is 33.6 Å². The molecule has 0 radical (unpaired) electrons. The van der Waals surface area contributed by atoms with Crippen molar-refractivity contribution in [1.29, 1.82) is 0 Å². The molecule has 128 valence electrons. The maximum Gasteiger partial charge on any atom is 0.258 e. The first-order valence-corrected chi connectivity index (χ1v) is 7.85. The van der Waals surface area contributed by atoms with Crippen LogP contribution in [0.3, 0.4) is 0 Å². The number of hydrogen-bond donors (Lipinski definition) is 4. The van der Waals surface area contributed by atoms with Gasteiger partial charge in [-0.3, -0.25) is 19.3 Å². The molecule has 22 heavy (non-hydrogen) atoms. The summed E-state index contributed by atoms with van der Waals surface area (Å²) < 4.78 is 0. The molecule has 0 heterocycles. The largest absolute Gasteiger partial charge is 0.396 e. The van der Waals surface area contributed by atoms with E-state index in [0.717, 1.165) is 4.90 Å². The van der Waals surface area contributed by atoms with Crippen molar-refractivity contribution in [2.75, 3.05) is 25.4 Å². The van der Waals surface area contributed by atoms with Crippen LogP contribution in [0.4, 0.5) is 0 Å². The number of rotatable bonds is 9. The molecular formula is C14H26N2O5S. The molecule has 0 aromatic rings. The Morgan fingerprint density at radius 3 is 2.36 bits per heavy atom. The summed E-state index contributed by atoms with van der Waals surface area (Å²) in [6.07, 6.45) is -1.48. The van der Waals surface area contributed by atoms with Gasteiger partial charge in [-0.05, 0) is 0 Å². The molecule has 0 aromatic carbocycles. The lowest BCUT2D eigenvalue weighted by Crippen LogP contribution is -2.50. The summed E-state index contributed by atoms with van der Waals surface area (Å²) in [4.78, 5) is 36.6. The van der Waals surface area contributed by atoms with Gasteiger partial charge in [-0.25, -0.2) is 0 Å². The minimum Gasteiger partial charge on any atom is -0.396 e. The van der Waals surface area contributed by atoms with Gasteiger partial charge in [0.2, 0.25) is 11.8 Å². The average Bonchev–Trinajstić information content (AvgIpc) is 2.51. The molecule has 0 fully saturated rings. The maximum absolute atomic E-state index is 12.3. The highest BCUT2D eigenvalue weighted by molar-refractivity contribution is 7.80. The molecule has 0 saturated carbocycles. The first-order chi connectivity index (χ1) is 10.2. The number of nitrogens with zero attached hydrogens (tertiary/aromatic N) is 1. The number of thiol groups is 1. The lowest BCUT2D eigenvalue weighted by atomic mass is 9.86. The van der Waals surface area contributed by atoms with E-state index in [4.69, 9.17) is 0 Å². The van der Waals surface area contributed by atoms with E-state index < -0.39 is 29.9 Å². The van der Waals surface area contributed by atoms with Gasteiger partial charge in [0.15, 0.2) is 0 Å². The molecule has 8 heteroatoms. The van der Waals surface area contributed by atoms with Gasteiger partial charge in [-0.1, -0.05) is 20.8 Å². The van der Waals surface area contributed by atoms with Crippen LogP contribution in [0.25, 0.3) is 0 Å². The van der Waals surface area contributed by atoms with Crippen LogP contribution in [0.5, 0.6) is 0 Å². The molecule has 3 amide bonds. The van der Waals surface area contributed by atoms with Crippen molar-refractivity contribution in [2.45, 2.75) is 39.7 Å². The zero-order chi connectivity index (χ0) is 17.3. The molecule has 0 rings (SSSR count). The Morgan fingerprint density at radius 2 is 1.91 bits per heavy atom. The highest BCUT2D eigenvalue weighted by Gasteiger charge is 2.37. The Morgan fingerprint density at radius 1 is 1.32 bits per heavy atom. The summed E-state index contributed by atoms with van der Waals surface area (Å²) in [5.74, 6) is -1.08. The van der Waals surface area contributed by atoms with Crippen molar-refractivity contribution in [1.82, 2.24) is 10.2 Å². The molecule has 0 saturated heterocycles. The van der Waals surface area contributed by atoms with Crippen LogP contribution < -0.4 is 5.32 Å². The van der Waals surface area contributed by atoms with Crippen LogP contribution in [0.2, 0.25) is 0 Å². The van der Waals surface area contributed by atoms with E-state index in [0.29, 0.717) is 12.3 Å². The monoisotopic (exact) mass is 334 g/mol. The van der Waals surface area contributed by atoms with E-state index in [1.807, 2.05) is 0 Å². The Balaban J connectivity index is 4.88. The van der Waals surface area contributed by atoms with Crippen molar-refractivity contribution < 1.29 is 24.6 Å². The molecule has 0 unspecified atom stereocenters. The SMILES string of the molecule is CCC(=O)N(CCC(=O)NCCS)C(=O)[C@H](O)C(C)(C)CO. The standard InChI is InChI=1S/C14H26N2O5S/c1-4-11(19)16(7-5-10(18)15-6-8-22)13(21)12(20)14(2,3)9-17/h12,17,20,22H,4-9H2,1-3H3,(H,15,18)/t12-/m0/s1. The third-order valence-corrected chi connectivity index (χ3v) is 3.47. The number of carbonyl (C=O) groups is 3.